The minimum Gasteiger partial charge on any atom is -0.369 e. The van der Waals surface area contributed by atoms with Crippen molar-refractivity contribution in [3.63, 3.8) is 0 Å². The van der Waals surface area contributed by atoms with Crippen LogP contribution in [0.5, 0.6) is 0 Å². The van der Waals surface area contributed by atoms with E-state index in [0.29, 0.717) is 12.8 Å². The zero-order valence-electron chi connectivity index (χ0n) is 10.9. The van der Waals surface area contributed by atoms with Crippen molar-refractivity contribution >= 4 is 11.9 Å². The fourth-order valence-electron chi connectivity index (χ4n) is 2.26. The number of carbonyl (C=O) groups excluding carboxylic acids is 1. The second-order valence-corrected chi connectivity index (χ2v) is 4.92. The lowest BCUT2D eigenvalue weighted by Gasteiger charge is -2.36. The molecule has 0 unspecified atom stereocenters. The average molecular weight is 288 g/mol. The van der Waals surface area contributed by atoms with Crippen molar-refractivity contribution in [3.05, 3.63) is 18.0 Å². The predicted molar refractivity (Wildman–Crippen MR) is 65.8 cm³/mol. The van der Waals surface area contributed by atoms with E-state index in [9.17, 15) is 18.0 Å². The SMILES string of the molecule is C[C@@H]1CC[C@@H](C(N)=O)CN1c1nccc(C(F)(F)F)n1. The Hall–Kier alpha value is -1.86. The van der Waals surface area contributed by atoms with Gasteiger partial charge >= 0.3 is 6.18 Å². The van der Waals surface area contributed by atoms with Gasteiger partial charge in [0.1, 0.15) is 5.69 Å². The highest BCUT2D eigenvalue weighted by Crippen LogP contribution is 2.30. The van der Waals surface area contributed by atoms with Crippen LogP contribution in [0.1, 0.15) is 25.5 Å². The molecule has 20 heavy (non-hydrogen) atoms. The van der Waals surface area contributed by atoms with E-state index in [2.05, 4.69) is 9.97 Å². The molecule has 2 heterocycles. The number of carbonyl (C=O) groups is 1. The Kier molecular flexibility index (Phi) is 3.82. The number of nitrogens with zero attached hydrogens (tertiary/aromatic N) is 3. The van der Waals surface area contributed by atoms with Crippen LogP contribution in [-0.4, -0.2) is 28.5 Å². The summed E-state index contributed by atoms with van der Waals surface area (Å²) in [5, 5.41) is 0. The minimum atomic E-state index is -4.51. The Balaban J connectivity index is 2.27. The van der Waals surface area contributed by atoms with Crippen molar-refractivity contribution in [1.82, 2.24) is 9.97 Å². The van der Waals surface area contributed by atoms with Crippen molar-refractivity contribution in [2.45, 2.75) is 32.0 Å². The third-order valence-corrected chi connectivity index (χ3v) is 3.47. The summed E-state index contributed by atoms with van der Waals surface area (Å²) < 4.78 is 38.0. The number of anilines is 1. The molecule has 0 spiro atoms. The molecule has 1 saturated heterocycles. The molecule has 5 nitrogen and oxygen atoms in total. The van der Waals surface area contributed by atoms with Gasteiger partial charge in [-0.3, -0.25) is 4.79 Å². The van der Waals surface area contributed by atoms with E-state index in [4.69, 9.17) is 5.73 Å². The molecule has 1 aliphatic rings. The topological polar surface area (TPSA) is 72.1 Å². The maximum atomic E-state index is 12.7. The van der Waals surface area contributed by atoms with Crippen molar-refractivity contribution in [2.24, 2.45) is 11.7 Å². The van der Waals surface area contributed by atoms with E-state index < -0.39 is 17.8 Å². The number of aromatic nitrogens is 2. The van der Waals surface area contributed by atoms with Gasteiger partial charge in [0.15, 0.2) is 0 Å². The van der Waals surface area contributed by atoms with Crippen LogP contribution < -0.4 is 10.6 Å². The first-order valence-electron chi connectivity index (χ1n) is 6.25. The van der Waals surface area contributed by atoms with Gasteiger partial charge in [0.05, 0.1) is 5.92 Å². The van der Waals surface area contributed by atoms with Gasteiger partial charge in [-0.25, -0.2) is 9.97 Å². The summed E-state index contributed by atoms with van der Waals surface area (Å²) in [4.78, 5) is 20.3. The smallest absolute Gasteiger partial charge is 0.369 e. The Morgan fingerprint density at radius 3 is 2.75 bits per heavy atom. The van der Waals surface area contributed by atoms with Crippen LogP contribution in [0.15, 0.2) is 12.3 Å². The van der Waals surface area contributed by atoms with Crippen molar-refractivity contribution < 1.29 is 18.0 Å². The number of amides is 1. The molecule has 1 aromatic heterocycles. The maximum absolute atomic E-state index is 12.7. The standard InChI is InChI=1S/C12H15F3N4O/c1-7-2-3-8(10(16)20)6-19(7)11-17-5-4-9(18-11)12(13,14)15/h4-5,7-8H,2-3,6H2,1H3,(H2,16,20)/t7-,8-/m1/s1. The van der Waals surface area contributed by atoms with Crippen molar-refractivity contribution in [2.75, 3.05) is 11.4 Å². The Morgan fingerprint density at radius 1 is 1.45 bits per heavy atom. The number of piperidine rings is 1. The number of primary amides is 1. The summed E-state index contributed by atoms with van der Waals surface area (Å²) in [7, 11) is 0. The quantitative estimate of drug-likeness (QED) is 0.897. The van der Waals surface area contributed by atoms with E-state index in [-0.39, 0.29) is 24.5 Å². The lowest BCUT2D eigenvalue weighted by Crippen LogP contribution is -2.46. The number of alkyl halides is 3. The van der Waals surface area contributed by atoms with E-state index in [1.54, 1.807) is 4.90 Å². The zero-order chi connectivity index (χ0) is 14.9. The molecule has 2 atom stereocenters. The monoisotopic (exact) mass is 288 g/mol. The van der Waals surface area contributed by atoms with Gasteiger partial charge < -0.3 is 10.6 Å². The number of hydrogen-bond acceptors (Lipinski definition) is 4. The number of hydrogen-bond donors (Lipinski definition) is 1. The summed E-state index contributed by atoms with van der Waals surface area (Å²) in [6, 6.07) is 0.790. The number of nitrogens with two attached hydrogens (primary N) is 1. The molecular formula is C12H15F3N4O. The molecule has 1 amide bonds. The molecule has 1 aliphatic heterocycles. The molecule has 110 valence electrons. The first-order chi connectivity index (χ1) is 9.29. The highest BCUT2D eigenvalue weighted by atomic mass is 19.4. The summed E-state index contributed by atoms with van der Waals surface area (Å²) in [6.45, 7) is 2.11. The molecular weight excluding hydrogens is 273 g/mol. The van der Waals surface area contributed by atoms with Crippen LogP contribution >= 0.6 is 0 Å². The van der Waals surface area contributed by atoms with Gasteiger partial charge in [-0.1, -0.05) is 0 Å². The Bertz CT molecular complexity index is 506. The van der Waals surface area contributed by atoms with Crippen LogP contribution in [0.25, 0.3) is 0 Å². The first-order valence-corrected chi connectivity index (χ1v) is 6.25. The predicted octanol–water partition coefficient (Wildman–Crippen LogP) is 1.59. The molecule has 2 rings (SSSR count). The third kappa shape index (κ3) is 3.00. The number of halogens is 3. The van der Waals surface area contributed by atoms with E-state index >= 15 is 0 Å². The van der Waals surface area contributed by atoms with Gasteiger partial charge in [-0.05, 0) is 25.8 Å². The fourth-order valence-corrected chi connectivity index (χ4v) is 2.26. The second kappa shape index (κ2) is 5.26. The highest BCUT2D eigenvalue weighted by Gasteiger charge is 2.35. The highest BCUT2D eigenvalue weighted by molar-refractivity contribution is 5.77. The van der Waals surface area contributed by atoms with Crippen molar-refractivity contribution in [1.29, 1.82) is 0 Å². The van der Waals surface area contributed by atoms with Crippen LogP contribution in [-0.2, 0) is 11.0 Å². The van der Waals surface area contributed by atoms with Gasteiger partial charge in [0.25, 0.3) is 0 Å². The van der Waals surface area contributed by atoms with Crippen LogP contribution in [0.4, 0.5) is 19.1 Å². The summed E-state index contributed by atoms with van der Waals surface area (Å²) in [5.41, 5.74) is 4.28. The summed E-state index contributed by atoms with van der Waals surface area (Å²) >= 11 is 0. The average Bonchev–Trinajstić information content (AvgIpc) is 2.38. The maximum Gasteiger partial charge on any atom is 0.433 e. The molecule has 0 aromatic carbocycles. The lowest BCUT2D eigenvalue weighted by molar-refractivity contribution is -0.141. The van der Waals surface area contributed by atoms with Crippen molar-refractivity contribution in [3.8, 4) is 0 Å². The van der Waals surface area contributed by atoms with Gasteiger partial charge in [0.2, 0.25) is 11.9 Å². The van der Waals surface area contributed by atoms with Crippen LogP contribution in [0.3, 0.4) is 0 Å². The fraction of sp³-hybridized carbons (Fsp3) is 0.583. The Labute approximate surface area is 114 Å². The number of rotatable bonds is 2. The first kappa shape index (κ1) is 14.5. The van der Waals surface area contributed by atoms with Crippen LogP contribution in [0.2, 0.25) is 0 Å². The van der Waals surface area contributed by atoms with Gasteiger partial charge in [-0.15, -0.1) is 0 Å². The zero-order valence-corrected chi connectivity index (χ0v) is 10.9. The third-order valence-electron chi connectivity index (χ3n) is 3.47. The molecule has 1 aromatic rings. The van der Waals surface area contributed by atoms with Gasteiger partial charge in [0, 0.05) is 18.8 Å². The molecule has 0 bridgehead atoms. The normalized spacial score (nSPS) is 23.7. The molecule has 1 fully saturated rings. The molecule has 8 heteroatoms. The Morgan fingerprint density at radius 2 is 2.15 bits per heavy atom. The second-order valence-electron chi connectivity index (χ2n) is 4.92. The summed E-state index contributed by atoms with van der Waals surface area (Å²) in [6.07, 6.45) is -2.15. The van der Waals surface area contributed by atoms with E-state index in [1.807, 2.05) is 6.92 Å². The van der Waals surface area contributed by atoms with E-state index in [0.717, 1.165) is 12.3 Å². The molecule has 0 radical (unpaired) electrons. The molecule has 2 N–H and O–H groups in total. The van der Waals surface area contributed by atoms with Gasteiger partial charge in [-0.2, -0.15) is 13.2 Å². The van der Waals surface area contributed by atoms with Crippen LogP contribution in [0, 0.1) is 5.92 Å². The van der Waals surface area contributed by atoms with E-state index in [1.165, 1.54) is 0 Å². The molecule has 0 aliphatic carbocycles. The molecule has 0 saturated carbocycles. The lowest BCUT2D eigenvalue weighted by atomic mass is 9.93. The largest absolute Gasteiger partial charge is 0.433 e. The minimum absolute atomic E-state index is 0.0155. The summed E-state index contributed by atoms with van der Waals surface area (Å²) in [5.74, 6) is -0.850.